The molecule has 0 fully saturated rings. The molecular weight excluding hydrogens is 192 g/mol. The molecule has 0 aliphatic heterocycles. The Balaban J connectivity index is 2.78. The standard InChI is InChI=1S/C12H16O3/c1-9(2)8-15-10-5-6-11(13-3)12(7-10)14-4/h5-7H,1,8H2,2-4H3. The van der Waals surface area contributed by atoms with Crippen molar-refractivity contribution in [1.82, 2.24) is 0 Å². The number of rotatable bonds is 5. The fraction of sp³-hybridized carbons (Fsp3) is 0.333. The van der Waals surface area contributed by atoms with Crippen molar-refractivity contribution in [3.63, 3.8) is 0 Å². The molecule has 3 nitrogen and oxygen atoms in total. The number of benzene rings is 1. The fourth-order valence-electron chi connectivity index (χ4n) is 1.11. The molecule has 1 rings (SSSR count). The predicted octanol–water partition coefficient (Wildman–Crippen LogP) is 2.66. The Kier molecular flexibility index (Phi) is 4.03. The monoisotopic (exact) mass is 208 g/mol. The van der Waals surface area contributed by atoms with Crippen LogP contribution in [0.1, 0.15) is 6.92 Å². The molecule has 0 bridgehead atoms. The van der Waals surface area contributed by atoms with Gasteiger partial charge < -0.3 is 14.2 Å². The van der Waals surface area contributed by atoms with Crippen molar-refractivity contribution in [2.75, 3.05) is 20.8 Å². The van der Waals surface area contributed by atoms with Gasteiger partial charge in [0.25, 0.3) is 0 Å². The van der Waals surface area contributed by atoms with Gasteiger partial charge in [-0.15, -0.1) is 0 Å². The molecule has 0 heterocycles. The number of ether oxygens (including phenoxy) is 3. The molecule has 0 atom stereocenters. The second-order valence-electron chi connectivity index (χ2n) is 3.26. The minimum atomic E-state index is 0.509. The summed E-state index contributed by atoms with van der Waals surface area (Å²) in [4.78, 5) is 0. The summed E-state index contributed by atoms with van der Waals surface area (Å²) in [6, 6.07) is 5.44. The topological polar surface area (TPSA) is 27.7 Å². The maximum absolute atomic E-state index is 5.47. The van der Waals surface area contributed by atoms with E-state index in [0.29, 0.717) is 18.1 Å². The first-order valence-corrected chi connectivity index (χ1v) is 4.66. The van der Waals surface area contributed by atoms with E-state index in [1.54, 1.807) is 20.3 Å². The van der Waals surface area contributed by atoms with Gasteiger partial charge in [0.2, 0.25) is 0 Å². The van der Waals surface area contributed by atoms with Gasteiger partial charge in [-0.2, -0.15) is 0 Å². The smallest absolute Gasteiger partial charge is 0.164 e. The average Bonchev–Trinajstić information content (AvgIpc) is 2.25. The zero-order chi connectivity index (χ0) is 11.3. The third-order valence-corrected chi connectivity index (χ3v) is 1.84. The van der Waals surface area contributed by atoms with Gasteiger partial charge in [-0.05, 0) is 24.6 Å². The summed E-state index contributed by atoms with van der Waals surface area (Å²) in [5, 5.41) is 0. The predicted molar refractivity (Wildman–Crippen MR) is 59.9 cm³/mol. The van der Waals surface area contributed by atoms with Crippen molar-refractivity contribution >= 4 is 0 Å². The molecule has 0 spiro atoms. The Hall–Kier alpha value is -1.64. The highest BCUT2D eigenvalue weighted by Gasteiger charge is 2.04. The lowest BCUT2D eigenvalue weighted by Gasteiger charge is -2.10. The lowest BCUT2D eigenvalue weighted by atomic mass is 10.3. The fourth-order valence-corrected chi connectivity index (χ4v) is 1.11. The molecule has 0 saturated carbocycles. The molecule has 1 aromatic rings. The molecule has 0 aliphatic carbocycles. The van der Waals surface area contributed by atoms with Crippen molar-refractivity contribution in [2.45, 2.75) is 6.92 Å². The van der Waals surface area contributed by atoms with Crippen molar-refractivity contribution in [2.24, 2.45) is 0 Å². The van der Waals surface area contributed by atoms with Crippen LogP contribution in [0.15, 0.2) is 30.4 Å². The van der Waals surface area contributed by atoms with Crippen LogP contribution >= 0.6 is 0 Å². The minimum absolute atomic E-state index is 0.509. The van der Waals surface area contributed by atoms with Crippen LogP contribution in [-0.4, -0.2) is 20.8 Å². The normalized spacial score (nSPS) is 9.53. The summed E-state index contributed by atoms with van der Waals surface area (Å²) in [6.07, 6.45) is 0. The molecule has 0 aliphatic rings. The average molecular weight is 208 g/mol. The van der Waals surface area contributed by atoms with Crippen LogP contribution in [0.5, 0.6) is 17.2 Å². The molecule has 0 radical (unpaired) electrons. The van der Waals surface area contributed by atoms with E-state index in [-0.39, 0.29) is 0 Å². The summed E-state index contributed by atoms with van der Waals surface area (Å²) < 4.78 is 15.7. The summed E-state index contributed by atoms with van der Waals surface area (Å²) in [7, 11) is 3.20. The van der Waals surface area contributed by atoms with E-state index >= 15 is 0 Å². The van der Waals surface area contributed by atoms with Crippen molar-refractivity contribution < 1.29 is 14.2 Å². The molecule has 3 heteroatoms. The molecule has 82 valence electrons. The van der Waals surface area contributed by atoms with Crippen LogP contribution in [0, 0.1) is 0 Å². The van der Waals surface area contributed by atoms with E-state index < -0.39 is 0 Å². The van der Waals surface area contributed by atoms with Crippen LogP contribution in [0.2, 0.25) is 0 Å². The van der Waals surface area contributed by atoms with Crippen molar-refractivity contribution in [3.05, 3.63) is 30.4 Å². The largest absolute Gasteiger partial charge is 0.493 e. The Morgan fingerprint density at radius 3 is 2.40 bits per heavy atom. The van der Waals surface area contributed by atoms with Crippen molar-refractivity contribution in [1.29, 1.82) is 0 Å². The highest BCUT2D eigenvalue weighted by Crippen LogP contribution is 2.30. The number of hydrogen-bond donors (Lipinski definition) is 0. The molecule has 0 saturated heterocycles. The maximum atomic E-state index is 5.47. The molecule has 1 aromatic carbocycles. The Morgan fingerprint density at radius 1 is 1.20 bits per heavy atom. The van der Waals surface area contributed by atoms with Gasteiger partial charge in [-0.1, -0.05) is 6.58 Å². The van der Waals surface area contributed by atoms with Crippen LogP contribution < -0.4 is 14.2 Å². The summed E-state index contributed by atoms with van der Waals surface area (Å²) in [6.45, 7) is 6.19. The molecule has 0 amide bonds. The highest BCUT2D eigenvalue weighted by atomic mass is 16.5. The summed E-state index contributed by atoms with van der Waals surface area (Å²) in [5.74, 6) is 2.10. The highest BCUT2D eigenvalue weighted by molar-refractivity contribution is 5.45. The molecule has 0 unspecified atom stereocenters. The van der Waals surface area contributed by atoms with Gasteiger partial charge in [-0.25, -0.2) is 0 Å². The van der Waals surface area contributed by atoms with Gasteiger partial charge in [0.1, 0.15) is 12.4 Å². The van der Waals surface area contributed by atoms with Crippen LogP contribution in [0.25, 0.3) is 0 Å². The Bertz CT molecular complexity index is 345. The van der Waals surface area contributed by atoms with Crippen LogP contribution in [0.4, 0.5) is 0 Å². The first kappa shape index (κ1) is 11.4. The summed E-state index contributed by atoms with van der Waals surface area (Å²) >= 11 is 0. The van der Waals surface area contributed by atoms with E-state index in [9.17, 15) is 0 Å². The van der Waals surface area contributed by atoms with Gasteiger partial charge in [0.15, 0.2) is 11.5 Å². The second-order valence-corrected chi connectivity index (χ2v) is 3.26. The van der Waals surface area contributed by atoms with Gasteiger partial charge >= 0.3 is 0 Å². The van der Waals surface area contributed by atoms with Crippen molar-refractivity contribution in [3.8, 4) is 17.2 Å². The number of methoxy groups -OCH3 is 2. The van der Waals surface area contributed by atoms with E-state index in [0.717, 1.165) is 11.3 Å². The lowest BCUT2D eigenvalue weighted by Crippen LogP contribution is -1.98. The van der Waals surface area contributed by atoms with Gasteiger partial charge in [-0.3, -0.25) is 0 Å². The van der Waals surface area contributed by atoms with Crippen LogP contribution in [0.3, 0.4) is 0 Å². The summed E-state index contributed by atoms with van der Waals surface area (Å²) in [5.41, 5.74) is 0.977. The molecule has 15 heavy (non-hydrogen) atoms. The molecule has 0 aromatic heterocycles. The quantitative estimate of drug-likeness (QED) is 0.696. The van der Waals surface area contributed by atoms with Crippen LogP contribution in [-0.2, 0) is 0 Å². The zero-order valence-electron chi connectivity index (χ0n) is 9.37. The Labute approximate surface area is 90.3 Å². The number of hydrogen-bond acceptors (Lipinski definition) is 3. The first-order valence-electron chi connectivity index (χ1n) is 4.66. The SMILES string of the molecule is C=C(C)COc1ccc(OC)c(OC)c1. The van der Waals surface area contributed by atoms with E-state index in [2.05, 4.69) is 6.58 Å². The Morgan fingerprint density at radius 2 is 1.87 bits per heavy atom. The molecular formula is C12H16O3. The van der Waals surface area contributed by atoms with E-state index in [1.165, 1.54) is 0 Å². The second kappa shape index (κ2) is 5.29. The first-order chi connectivity index (χ1) is 7.17. The lowest BCUT2D eigenvalue weighted by molar-refractivity contribution is 0.335. The molecule has 0 N–H and O–H groups in total. The van der Waals surface area contributed by atoms with Gasteiger partial charge in [0.05, 0.1) is 14.2 Å². The van der Waals surface area contributed by atoms with E-state index in [1.807, 2.05) is 19.1 Å². The minimum Gasteiger partial charge on any atom is -0.493 e. The maximum Gasteiger partial charge on any atom is 0.164 e. The van der Waals surface area contributed by atoms with Gasteiger partial charge in [0, 0.05) is 6.07 Å². The third kappa shape index (κ3) is 3.20. The van der Waals surface area contributed by atoms with E-state index in [4.69, 9.17) is 14.2 Å². The zero-order valence-corrected chi connectivity index (χ0v) is 9.37. The third-order valence-electron chi connectivity index (χ3n) is 1.84.